The Morgan fingerprint density at radius 3 is 1.88 bits per heavy atom. The van der Waals surface area contributed by atoms with Gasteiger partial charge < -0.3 is 4.74 Å². The highest BCUT2D eigenvalue weighted by Crippen LogP contribution is 2.38. The van der Waals surface area contributed by atoms with Crippen LogP contribution in [0.5, 0.6) is 5.75 Å². The summed E-state index contributed by atoms with van der Waals surface area (Å²) in [7, 11) is 1.55. The van der Waals surface area contributed by atoms with E-state index >= 15 is 0 Å². The molecule has 0 radical (unpaired) electrons. The van der Waals surface area contributed by atoms with Gasteiger partial charge in [0.15, 0.2) is 0 Å². The molecule has 0 aliphatic carbocycles. The second kappa shape index (κ2) is 4.40. The van der Waals surface area contributed by atoms with Crippen LogP contribution in [0.3, 0.4) is 0 Å². The molecule has 0 saturated heterocycles. The van der Waals surface area contributed by atoms with Gasteiger partial charge in [-0.15, -0.1) is 0 Å². The Hall–Kier alpha value is -1.12. The van der Waals surface area contributed by atoms with Crippen LogP contribution in [0.4, 0.5) is 8.78 Å². The van der Waals surface area contributed by atoms with Crippen LogP contribution in [0.15, 0.2) is 12.1 Å². The molecule has 16 heavy (non-hydrogen) atoms. The Bertz CT molecular complexity index is 361. The summed E-state index contributed by atoms with van der Waals surface area (Å²) in [6.07, 6.45) is 0. The van der Waals surface area contributed by atoms with E-state index in [0.717, 1.165) is 11.1 Å². The summed E-state index contributed by atoms with van der Waals surface area (Å²) in [5, 5.41) is 0. The van der Waals surface area contributed by atoms with E-state index in [1.807, 2.05) is 0 Å². The van der Waals surface area contributed by atoms with Gasteiger partial charge in [-0.25, -0.2) is 8.78 Å². The number of hydrogen-bond donors (Lipinski definition) is 0. The molecular formula is C13H18F2O. The maximum absolute atomic E-state index is 13.8. The summed E-state index contributed by atoms with van der Waals surface area (Å²) < 4.78 is 32.8. The smallest absolute Gasteiger partial charge is 0.275 e. The van der Waals surface area contributed by atoms with Gasteiger partial charge in [0.05, 0.1) is 7.11 Å². The molecular weight excluding hydrogens is 210 g/mol. The average Bonchev–Trinajstić information content (AvgIpc) is 2.16. The summed E-state index contributed by atoms with van der Waals surface area (Å²) >= 11 is 0. The lowest BCUT2D eigenvalue weighted by molar-refractivity contribution is -0.0515. The van der Waals surface area contributed by atoms with Crippen molar-refractivity contribution in [1.29, 1.82) is 0 Å². The van der Waals surface area contributed by atoms with Gasteiger partial charge >= 0.3 is 0 Å². The normalized spacial score (nSPS) is 12.0. The summed E-state index contributed by atoms with van der Waals surface area (Å²) in [5.41, 5.74) is 1.56. The number of benzene rings is 1. The Labute approximate surface area is 95.4 Å². The lowest BCUT2D eigenvalue weighted by atomic mass is 9.94. The van der Waals surface area contributed by atoms with Crippen LogP contribution in [0.2, 0.25) is 0 Å². The molecule has 0 N–H and O–H groups in total. The van der Waals surface area contributed by atoms with Gasteiger partial charge in [0.1, 0.15) is 5.75 Å². The van der Waals surface area contributed by atoms with Crippen LogP contribution >= 0.6 is 0 Å². The minimum Gasteiger partial charge on any atom is -0.496 e. The number of alkyl halides is 2. The molecule has 90 valence electrons. The van der Waals surface area contributed by atoms with E-state index in [1.165, 1.54) is 26.0 Å². The van der Waals surface area contributed by atoms with E-state index < -0.39 is 11.8 Å². The topological polar surface area (TPSA) is 9.23 Å². The molecule has 0 spiro atoms. The Morgan fingerprint density at radius 1 is 1.12 bits per heavy atom. The van der Waals surface area contributed by atoms with Crippen molar-refractivity contribution < 1.29 is 13.5 Å². The van der Waals surface area contributed by atoms with Crippen molar-refractivity contribution in [2.75, 3.05) is 7.11 Å². The SMILES string of the molecule is COc1c(C)cc(C(F)(F)C(C)C)cc1C. The molecule has 1 aromatic rings. The van der Waals surface area contributed by atoms with Gasteiger partial charge in [0.2, 0.25) is 0 Å². The summed E-state index contributed by atoms with van der Waals surface area (Å²) in [6, 6.07) is 3.01. The lowest BCUT2D eigenvalue weighted by Crippen LogP contribution is -2.21. The van der Waals surface area contributed by atoms with Crippen molar-refractivity contribution in [2.45, 2.75) is 33.6 Å². The standard InChI is InChI=1S/C13H18F2O/c1-8(2)13(14,15)11-6-9(3)12(16-5)10(4)7-11/h6-8H,1-5H3. The molecule has 0 aromatic heterocycles. The fraction of sp³-hybridized carbons (Fsp3) is 0.538. The third kappa shape index (κ3) is 2.18. The Balaban J connectivity index is 3.29. The second-order valence-electron chi connectivity index (χ2n) is 4.42. The first-order valence-corrected chi connectivity index (χ1v) is 5.34. The zero-order valence-corrected chi connectivity index (χ0v) is 10.4. The minimum atomic E-state index is -2.79. The van der Waals surface area contributed by atoms with Crippen molar-refractivity contribution in [3.05, 3.63) is 28.8 Å². The number of halogens is 2. The molecule has 1 nitrogen and oxygen atoms in total. The zero-order chi connectivity index (χ0) is 12.5. The molecule has 0 atom stereocenters. The van der Waals surface area contributed by atoms with Crippen LogP contribution in [-0.4, -0.2) is 7.11 Å². The summed E-state index contributed by atoms with van der Waals surface area (Å²) in [6.45, 7) is 6.61. The highest BCUT2D eigenvalue weighted by Gasteiger charge is 2.36. The zero-order valence-electron chi connectivity index (χ0n) is 10.4. The molecule has 0 unspecified atom stereocenters. The molecule has 0 aliphatic heterocycles. The molecule has 0 aliphatic rings. The van der Waals surface area contributed by atoms with E-state index in [0.29, 0.717) is 5.75 Å². The van der Waals surface area contributed by atoms with E-state index in [9.17, 15) is 8.78 Å². The Morgan fingerprint density at radius 2 is 1.56 bits per heavy atom. The Kier molecular flexibility index (Phi) is 3.56. The first kappa shape index (κ1) is 12.9. The largest absolute Gasteiger partial charge is 0.496 e. The molecule has 1 aromatic carbocycles. The number of aryl methyl sites for hydroxylation is 2. The van der Waals surface area contributed by atoms with Crippen LogP contribution in [0, 0.1) is 19.8 Å². The van der Waals surface area contributed by atoms with Crippen LogP contribution < -0.4 is 4.74 Å². The maximum Gasteiger partial charge on any atom is 0.275 e. The molecule has 0 fully saturated rings. The number of hydrogen-bond acceptors (Lipinski definition) is 1. The minimum absolute atomic E-state index is 0.0679. The predicted octanol–water partition coefficient (Wildman–Crippen LogP) is 4.06. The van der Waals surface area contributed by atoms with Crippen LogP contribution in [0.25, 0.3) is 0 Å². The average molecular weight is 228 g/mol. The predicted molar refractivity (Wildman–Crippen MR) is 61.2 cm³/mol. The fourth-order valence-electron chi connectivity index (χ4n) is 1.80. The van der Waals surface area contributed by atoms with Gasteiger partial charge in [-0.1, -0.05) is 13.8 Å². The first-order chi connectivity index (χ1) is 7.30. The van der Waals surface area contributed by atoms with E-state index in [4.69, 9.17) is 4.74 Å². The quantitative estimate of drug-likeness (QED) is 0.758. The fourth-order valence-corrected chi connectivity index (χ4v) is 1.80. The van der Waals surface area contributed by atoms with Gasteiger partial charge in [-0.2, -0.15) is 0 Å². The lowest BCUT2D eigenvalue weighted by Gasteiger charge is -2.22. The molecule has 0 amide bonds. The van der Waals surface area contributed by atoms with Gasteiger partial charge in [-0.3, -0.25) is 0 Å². The van der Waals surface area contributed by atoms with E-state index in [-0.39, 0.29) is 5.56 Å². The van der Waals surface area contributed by atoms with Gasteiger partial charge in [-0.05, 0) is 37.1 Å². The second-order valence-corrected chi connectivity index (χ2v) is 4.42. The molecule has 0 heterocycles. The van der Waals surface area contributed by atoms with Crippen LogP contribution in [-0.2, 0) is 5.92 Å². The summed E-state index contributed by atoms with van der Waals surface area (Å²) in [4.78, 5) is 0. The molecule has 0 saturated carbocycles. The highest BCUT2D eigenvalue weighted by molar-refractivity contribution is 5.44. The summed E-state index contributed by atoms with van der Waals surface area (Å²) in [5.74, 6) is -2.81. The van der Waals surface area contributed by atoms with Crippen molar-refractivity contribution in [3.8, 4) is 5.75 Å². The molecule has 3 heteroatoms. The van der Waals surface area contributed by atoms with Gasteiger partial charge in [0.25, 0.3) is 5.92 Å². The maximum atomic E-state index is 13.8. The number of rotatable bonds is 3. The molecule has 0 bridgehead atoms. The number of methoxy groups -OCH3 is 1. The first-order valence-electron chi connectivity index (χ1n) is 5.34. The van der Waals surface area contributed by atoms with Crippen molar-refractivity contribution >= 4 is 0 Å². The molecule has 1 rings (SSSR count). The van der Waals surface area contributed by atoms with Crippen molar-refractivity contribution in [3.63, 3.8) is 0 Å². The third-order valence-corrected chi connectivity index (χ3v) is 2.77. The highest BCUT2D eigenvalue weighted by atomic mass is 19.3. The van der Waals surface area contributed by atoms with E-state index in [2.05, 4.69) is 0 Å². The monoisotopic (exact) mass is 228 g/mol. The number of ether oxygens (including phenoxy) is 1. The van der Waals surface area contributed by atoms with Crippen molar-refractivity contribution in [2.24, 2.45) is 5.92 Å². The third-order valence-electron chi connectivity index (χ3n) is 2.77. The van der Waals surface area contributed by atoms with Gasteiger partial charge in [0, 0.05) is 11.5 Å². The van der Waals surface area contributed by atoms with E-state index in [1.54, 1.807) is 21.0 Å². The van der Waals surface area contributed by atoms with Crippen molar-refractivity contribution in [1.82, 2.24) is 0 Å². The van der Waals surface area contributed by atoms with Crippen LogP contribution in [0.1, 0.15) is 30.5 Å².